The van der Waals surface area contributed by atoms with E-state index in [2.05, 4.69) is 36.5 Å². The van der Waals surface area contributed by atoms with E-state index >= 15 is 0 Å². The molecule has 1 aliphatic heterocycles. The van der Waals surface area contributed by atoms with Crippen LogP contribution in [0.5, 0.6) is 0 Å². The summed E-state index contributed by atoms with van der Waals surface area (Å²) in [5.41, 5.74) is 1.22. The minimum atomic E-state index is 0.274. The van der Waals surface area contributed by atoms with Crippen LogP contribution in [0.3, 0.4) is 0 Å². The third kappa shape index (κ3) is 3.82. The zero-order valence-corrected chi connectivity index (χ0v) is 15.4. The van der Waals surface area contributed by atoms with Crippen LogP contribution in [0.15, 0.2) is 36.8 Å². The van der Waals surface area contributed by atoms with Gasteiger partial charge in [0, 0.05) is 69.2 Å². The Labute approximate surface area is 155 Å². The second-order valence-electron chi connectivity index (χ2n) is 7.50. The Morgan fingerprint density at radius 1 is 1.08 bits per heavy atom. The van der Waals surface area contributed by atoms with Gasteiger partial charge in [-0.1, -0.05) is 12.8 Å². The summed E-state index contributed by atoms with van der Waals surface area (Å²) in [6.07, 6.45) is 11.9. The molecule has 2 aromatic rings. The quantitative estimate of drug-likeness (QED) is 0.860. The third-order valence-corrected chi connectivity index (χ3v) is 5.85. The molecule has 0 unspecified atom stereocenters. The van der Waals surface area contributed by atoms with Crippen LogP contribution in [-0.4, -0.2) is 67.8 Å². The molecule has 1 aliphatic carbocycles. The van der Waals surface area contributed by atoms with Crippen LogP contribution < -0.4 is 0 Å². The predicted molar refractivity (Wildman–Crippen MR) is 101 cm³/mol. The average Bonchev–Trinajstić information content (AvgIpc) is 3.35. The van der Waals surface area contributed by atoms with Crippen molar-refractivity contribution in [2.45, 2.75) is 50.7 Å². The van der Waals surface area contributed by atoms with E-state index in [-0.39, 0.29) is 6.61 Å². The topological polar surface area (TPSA) is 57.4 Å². The van der Waals surface area contributed by atoms with Gasteiger partial charge in [0.05, 0.1) is 0 Å². The van der Waals surface area contributed by atoms with E-state index in [9.17, 15) is 5.11 Å². The molecule has 0 aromatic carbocycles. The lowest BCUT2D eigenvalue weighted by Crippen LogP contribution is -2.56. The van der Waals surface area contributed by atoms with Crippen molar-refractivity contribution in [1.29, 1.82) is 0 Å². The van der Waals surface area contributed by atoms with Gasteiger partial charge in [-0.15, -0.1) is 0 Å². The van der Waals surface area contributed by atoms with Crippen LogP contribution in [0.4, 0.5) is 0 Å². The van der Waals surface area contributed by atoms with Gasteiger partial charge in [0.25, 0.3) is 0 Å². The Morgan fingerprint density at radius 3 is 2.65 bits per heavy atom. The highest BCUT2D eigenvalue weighted by atomic mass is 16.3. The standard InChI is InChI=1S/C20H29N5O/c26-14-8-19-16-23(12-13-24(19)17-5-1-2-6-17)15-18-7-3-11-25(18)20-21-9-4-10-22-20/h3-4,7,9-11,17,19,26H,1-2,5-6,8,12-16H2/t19-/m1/s1. The smallest absolute Gasteiger partial charge is 0.233 e. The predicted octanol–water partition coefficient (Wildman–Crippen LogP) is 2.08. The second kappa shape index (κ2) is 8.29. The first kappa shape index (κ1) is 17.6. The summed E-state index contributed by atoms with van der Waals surface area (Å²) < 4.78 is 2.07. The Kier molecular flexibility index (Phi) is 5.62. The summed E-state index contributed by atoms with van der Waals surface area (Å²) in [7, 11) is 0. The molecule has 4 rings (SSSR count). The first-order valence-corrected chi connectivity index (χ1v) is 9.88. The molecule has 0 amide bonds. The lowest BCUT2D eigenvalue weighted by atomic mass is 10.0. The van der Waals surface area contributed by atoms with Crippen molar-refractivity contribution < 1.29 is 5.11 Å². The van der Waals surface area contributed by atoms with Gasteiger partial charge in [0.1, 0.15) is 0 Å². The highest BCUT2D eigenvalue weighted by Crippen LogP contribution is 2.28. The van der Waals surface area contributed by atoms with Crippen LogP contribution in [0.1, 0.15) is 37.8 Å². The lowest BCUT2D eigenvalue weighted by molar-refractivity contribution is 0.0261. The van der Waals surface area contributed by atoms with E-state index in [4.69, 9.17) is 0 Å². The molecule has 3 heterocycles. The van der Waals surface area contributed by atoms with Crippen molar-refractivity contribution in [2.24, 2.45) is 0 Å². The number of hydrogen-bond donors (Lipinski definition) is 1. The second-order valence-corrected chi connectivity index (χ2v) is 7.50. The van der Waals surface area contributed by atoms with Crippen LogP contribution >= 0.6 is 0 Å². The highest BCUT2D eigenvalue weighted by Gasteiger charge is 2.33. The van der Waals surface area contributed by atoms with Crippen molar-refractivity contribution >= 4 is 0 Å². The van der Waals surface area contributed by atoms with Gasteiger partial charge in [-0.05, 0) is 37.5 Å². The number of aliphatic hydroxyl groups excluding tert-OH is 1. The van der Waals surface area contributed by atoms with E-state index in [1.54, 1.807) is 12.4 Å². The fraction of sp³-hybridized carbons (Fsp3) is 0.600. The maximum atomic E-state index is 9.55. The van der Waals surface area contributed by atoms with Gasteiger partial charge in [0.2, 0.25) is 5.95 Å². The SMILES string of the molecule is OCC[C@@H]1CN(Cc2cccn2-c2ncccn2)CCN1C1CCCC1. The summed E-state index contributed by atoms with van der Waals surface area (Å²) in [5.74, 6) is 0.726. The lowest BCUT2D eigenvalue weighted by Gasteiger charge is -2.44. The van der Waals surface area contributed by atoms with Crippen molar-refractivity contribution in [3.63, 3.8) is 0 Å². The van der Waals surface area contributed by atoms with Gasteiger partial charge in [-0.3, -0.25) is 14.4 Å². The number of aromatic nitrogens is 3. The van der Waals surface area contributed by atoms with E-state index in [1.165, 1.54) is 31.4 Å². The molecule has 6 nitrogen and oxygen atoms in total. The van der Waals surface area contributed by atoms with Crippen molar-refractivity contribution in [2.75, 3.05) is 26.2 Å². The Morgan fingerprint density at radius 2 is 1.88 bits per heavy atom. The number of aliphatic hydroxyl groups is 1. The van der Waals surface area contributed by atoms with Crippen LogP contribution in [0, 0.1) is 0 Å². The summed E-state index contributed by atoms with van der Waals surface area (Å²) in [4.78, 5) is 13.9. The normalized spacial score (nSPS) is 22.9. The molecule has 0 spiro atoms. The van der Waals surface area contributed by atoms with E-state index in [0.29, 0.717) is 6.04 Å². The Balaban J connectivity index is 1.44. The van der Waals surface area contributed by atoms with Crippen molar-refractivity contribution in [1.82, 2.24) is 24.3 Å². The Hall–Kier alpha value is -1.76. The minimum absolute atomic E-state index is 0.274. The van der Waals surface area contributed by atoms with Gasteiger partial charge < -0.3 is 5.11 Å². The van der Waals surface area contributed by atoms with Gasteiger partial charge >= 0.3 is 0 Å². The fourth-order valence-corrected chi connectivity index (χ4v) is 4.58. The summed E-state index contributed by atoms with van der Waals surface area (Å²) in [5, 5.41) is 9.55. The average molecular weight is 355 g/mol. The van der Waals surface area contributed by atoms with Crippen molar-refractivity contribution in [3.05, 3.63) is 42.5 Å². The number of rotatable bonds is 6. The van der Waals surface area contributed by atoms with Gasteiger partial charge in [-0.25, -0.2) is 9.97 Å². The molecule has 6 heteroatoms. The summed E-state index contributed by atoms with van der Waals surface area (Å²) in [6, 6.07) is 7.25. The largest absolute Gasteiger partial charge is 0.396 e. The molecular weight excluding hydrogens is 326 g/mol. The molecule has 0 bridgehead atoms. The molecule has 2 aromatic heterocycles. The van der Waals surface area contributed by atoms with Gasteiger partial charge in [-0.2, -0.15) is 0 Å². The number of hydrogen-bond acceptors (Lipinski definition) is 5. The molecule has 140 valence electrons. The first-order chi connectivity index (χ1) is 12.8. The number of piperazine rings is 1. The first-order valence-electron chi connectivity index (χ1n) is 9.88. The van der Waals surface area contributed by atoms with Gasteiger partial charge in [0.15, 0.2) is 0 Å². The monoisotopic (exact) mass is 355 g/mol. The van der Waals surface area contributed by atoms with Crippen molar-refractivity contribution in [3.8, 4) is 5.95 Å². The maximum Gasteiger partial charge on any atom is 0.233 e. The third-order valence-electron chi connectivity index (χ3n) is 5.85. The molecule has 2 fully saturated rings. The summed E-state index contributed by atoms with van der Waals surface area (Å²) in [6.45, 7) is 4.39. The molecule has 26 heavy (non-hydrogen) atoms. The maximum absolute atomic E-state index is 9.55. The summed E-state index contributed by atoms with van der Waals surface area (Å²) >= 11 is 0. The minimum Gasteiger partial charge on any atom is -0.396 e. The molecule has 2 aliphatic rings. The molecule has 1 saturated carbocycles. The van der Waals surface area contributed by atoms with E-state index in [0.717, 1.165) is 44.6 Å². The zero-order valence-electron chi connectivity index (χ0n) is 15.4. The highest BCUT2D eigenvalue weighted by molar-refractivity contribution is 5.20. The van der Waals surface area contributed by atoms with Crippen LogP contribution in [-0.2, 0) is 6.54 Å². The molecule has 1 atom stereocenters. The molecular formula is C20H29N5O. The molecule has 0 radical (unpaired) electrons. The van der Waals surface area contributed by atoms with Crippen LogP contribution in [0.2, 0.25) is 0 Å². The molecule has 1 N–H and O–H groups in total. The zero-order chi connectivity index (χ0) is 17.8. The fourth-order valence-electron chi connectivity index (χ4n) is 4.58. The Bertz CT molecular complexity index is 683. The molecule has 1 saturated heterocycles. The number of nitrogens with zero attached hydrogens (tertiary/aromatic N) is 5. The van der Waals surface area contributed by atoms with E-state index in [1.807, 2.05) is 12.3 Å². The van der Waals surface area contributed by atoms with Crippen LogP contribution in [0.25, 0.3) is 5.95 Å². The van der Waals surface area contributed by atoms with E-state index < -0.39 is 0 Å².